The van der Waals surface area contributed by atoms with Gasteiger partial charge in [-0.1, -0.05) is 37.1 Å². The van der Waals surface area contributed by atoms with Gasteiger partial charge in [0.2, 0.25) is 0 Å². The van der Waals surface area contributed by atoms with Crippen molar-refractivity contribution < 1.29 is 5.11 Å². The Bertz CT molecular complexity index is 527. The number of benzene rings is 2. The van der Waals surface area contributed by atoms with E-state index in [-0.39, 0.29) is 0 Å². The molecule has 0 fully saturated rings. The van der Waals surface area contributed by atoms with Gasteiger partial charge >= 0.3 is 0 Å². The molecule has 2 rings (SSSR count). The maximum Gasteiger partial charge on any atom is 0.123 e. The Hall–Kier alpha value is -1.41. The Balaban J connectivity index is 1.95. The van der Waals surface area contributed by atoms with Gasteiger partial charge in [-0.3, -0.25) is 0 Å². The first-order valence-corrected chi connectivity index (χ1v) is 7.37. The minimum absolute atomic E-state index is 0.336. The molecule has 0 amide bonds. The van der Waals surface area contributed by atoms with Crippen LogP contribution in [-0.2, 0) is 0 Å². The third-order valence-corrected chi connectivity index (χ3v) is 3.54. The summed E-state index contributed by atoms with van der Waals surface area (Å²) in [5, 5.41) is 15.2. The summed E-state index contributed by atoms with van der Waals surface area (Å²) in [5.41, 5.74) is 1.09. The minimum atomic E-state index is 0.336. The highest BCUT2D eigenvalue weighted by molar-refractivity contribution is 6.17. The molecule has 0 spiro atoms. The number of anilines is 1. The minimum Gasteiger partial charge on any atom is -0.507 e. The summed E-state index contributed by atoms with van der Waals surface area (Å²) in [6, 6.07) is 11.6. The number of nitrogens with one attached hydrogen (secondary N) is 1. The van der Waals surface area contributed by atoms with E-state index < -0.39 is 0 Å². The van der Waals surface area contributed by atoms with Gasteiger partial charge in [0.15, 0.2) is 0 Å². The summed E-state index contributed by atoms with van der Waals surface area (Å²) in [6.07, 6.45) is 4.65. The van der Waals surface area contributed by atoms with Gasteiger partial charge in [0.1, 0.15) is 5.75 Å². The fraction of sp³-hybridized carbons (Fsp3) is 0.375. The van der Waals surface area contributed by atoms with Crippen LogP contribution in [0.4, 0.5) is 5.69 Å². The number of unbranched alkanes of at least 4 members (excludes halogenated alkanes) is 3. The third-order valence-electron chi connectivity index (χ3n) is 3.27. The van der Waals surface area contributed by atoms with Crippen LogP contribution >= 0.6 is 11.6 Å². The molecule has 0 saturated heterocycles. The molecule has 2 nitrogen and oxygen atoms in total. The maximum absolute atomic E-state index is 9.82. The van der Waals surface area contributed by atoms with Crippen LogP contribution in [0.25, 0.3) is 10.8 Å². The lowest BCUT2D eigenvalue weighted by molar-refractivity contribution is 0.481. The van der Waals surface area contributed by atoms with Gasteiger partial charge < -0.3 is 10.4 Å². The second-order valence-electron chi connectivity index (χ2n) is 4.71. The van der Waals surface area contributed by atoms with E-state index in [0.29, 0.717) is 5.75 Å². The molecule has 0 atom stereocenters. The second-order valence-corrected chi connectivity index (χ2v) is 5.09. The molecule has 2 aromatic carbocycles. The second kappa shape index (κ2) is 7.25. The molecule has 19 heavy (non-hydrogen) atoms. The zero-order valence-electron chi connectivity index (χ0n) is 11.0. The predicted molar refractivity (Wildman–Crippen MR) is 83.3 cm³/mol. The maximum atomic E-state index is 9.82. The van der Waals surface area contributed by atoms with Crippen LogP contribution in [0.2, 0.25) is 0 Å². The van der Waals surface area contributed by atoms with Crippen LogP contribution in [0, 0.1) is 0 Å². The number of hydrogen-bond acceptors (Lipinski definition) is 2. The van der Waals surface area contributed by atoms with Crippen molar-refractivity contribution in [3.05, 3.63) is 36.4 Å². The summed E-state index contributed by atoms with van der Waals surface area (Å²) in [7, 11) is 0. The van der Waals surface area contributed by atoms with Crippen molar-refractivity contribution in [1.29, 1.82) is 0 Å². The van der Waals surface area contributed by atoms with Crippen LogP contribution in [0.5, 0.6) is 5.75 Å². The van der Waals surface area contributed by atoms with Gasteiger partial charge in [0.25, 0.3) is 0 Å². The summed E-state index contributed by atoms with van der Waals surface area (Å²) < 4.78 is 0. The van der Waals surface area contributed by atoms with E-state index in [9.17, 15) is 5.11 Å². The van der Waals surface area contributed by atoms with Gasteiger partial charge in [0.05, 0.1) is 0 Å². The molecule has 0 radical (unpaired) electrons. The van der Waals surface area contributed by atoms with Crippen LogP contribution in [0.15, 0.2) is 36.4 Å². The smallest absolute Gasteiger partial charge is 0.123 e. The summed E-state index contributed by atoms with van der Waals surface area (Å²) >= 11 is 5.65. The third kappa shape index (κ3) is 3.77. The molecule has 0 heterocycles. The average Bonchev–Trinajstić information content (AvgIpc) is 2.43. The highest BCUT2D eigenvalue weighted by Crippen LogP contribution is 2.29. The van der Waals surface area contributed by atoms with Gasteiger partial charge in [-0.25, -0.2) is 0 Å². The van der Waals surface area contributed by atoms with Gasteiger partial charge in [-0.2, -0.15) is 0 Å². The number of phenolic OH excluding ortho intramolecular Hbond substituents is 1. The Morgan fingerprint density at radius 1 is 0.895 bits per heavy atom. The van der Waals surface area contributed by atoms with Crippen molar-refractivity contribution in [1.82, 2.24) is 0 Å². The van der Waals surface area contributed by atoms with Crippen molar-refractivity contribution in [2.24, 2.45) is 0 Å². The average molecular weight is 278 g/mol. The molecule has 2 aromatic rings. The highest BCUT2D eigenvalue weighted by Gasteiger charge is 2.03. The topological polar surface area (TPSA) is 32.3 Å². The van der Waals surface area contributed by atoms with E-state index in [1.54, 1.807) is 6.07 Å². The van der Waals surface area contributed by atoms with Gasteiger partial charge in [0, 0.05) is 28.9 Å². The van der Waals surface area contributed by atoms with Crippen molar-refractivity contribution in [3.8, 4) is 5.75 Å². The van der Waals surface area contributed by atoms with Crippen molar-refractivity contribution >= 4 is 28.1 Å². The number of halogens is 1. The van der Waals surface area contributed by atoms with Crippen LogP contribution in [-0.4, -0.2) is 17.5 Å². The van der Waals surface area contributed by atoms with E-state index in [2.05, 4.69) is 11.4 Å². The van der Waals surface area contributed by atoms with Crippen LogP contribution < -0.4 is 5.32 Å². The van der Waals surface area contributed by atoms with Crippen molar-refractivity contribution in [3.63, 3.8) is 0 Å². The Kier molecular flexibility index (Phi) is 5.34. The molecule has 0 aliphatic carbocycles. The number of rotatable bonds is 7. The number of aromatic hydroxyl groups is 1. The molecular formula is C16H20ClNO. The van der Waals surface area contributed by atoms with Crippen molar-refractivity contribution in [2.75, 3.05) is 17.7 Å². The molecule has 3 heteroatoms. The van der Waals surface area contributed by atoms with E-state index in [0.717, 1.165) is 41.7 Å². The number of phenols is 1. The summed E-state index contributed by atoms with van der Waals surface area (Å²) in [6.45, 7) is 0.955. The Labute approximate surface area is 119 Å². The first-order valence-electron chi connectivity index (χ1n) is 6.83. The highest BCUT2D eigenvalue weighted by atomic mass is 35.5. The monoisotopic (exact) mass is 277 g/mol. The fourth-order valence-corrected chi connectivity index (χ4v) is 2.43. The molecule has 2 N–H and O–H groups in total. The SMILES string of the molecule is Oc1cccc2c(NCCCCCCCl)cccc12. The van der Waals surface area contributed by atoms with E-state index in [4.69, 9.17) is 11.6 Å². The number of alkyl halides is 1. The lowest BCUT2D eigenvalue weighted by atomic mass is 10.1. The van der Waals surface area contributed by atoms with E-state index >= 15 is 0 Å². The van der Waals surface area contributed by atoms with Crippen LogP contribution in [0.1, 0.15) is 25.7 Å². The number of hydrogen-bond donors (Lipinski definition) is 2. The van der Waals surface area contributed by atoms with Crippen molar-refractivity contribution in [2.45, 2.75) is 25.7 Å². The van der Waals surface area contributed by atoms with Gasteiger partial charge in [-0.15, -0.1) is 11.6 Å². The normalized spacial score (nSPS) is 10.8. The Morgan fingerprint density at radius 3 is 2.47 bits per heavy atom. The molecular weight excluding hydrogens is 258 g/mol. The summed E-state index contributed by atoms with van der Waals surface area (Å²) in [4.78, 5) is 0. The van der Waals surface area contributed by atoms with E-state index in [1.165, 1.54) is 12.8 Å². The molecule has 0 aromatic heterocycles. The van der Waals surface area contributed by atoms with Crippen LogP contribution in [0.3, 0.4) is 0 Å². The first kappa shape index (κ1) is 14.0. The molecule has 102 valence electrons. The number of fused-ring (bicyclic) bond motifs is 1. The molecule has 0 unspecified atom stereocenters. The fourth-order valence-electron chi connectivity index (χ4n) is 2.24. The lowest BCUT2D eigenvalue weighted by Crippen LogP contribution is -2.01. The molecule has 0 aliphatic rings. The zero-order valence-corrected chi connectivity index (χ0v) is 11.8. The standard InChI is InChI=1S/C16H20ClNO/c17-11-3-1-2-4-12-18-15-9-5-8-14-13(15)7-6-10-16(14)19/h5-10,18-19H,1-4,11-12H2. The first-order chi connectivity index (χ1) is 9.33. The Morgan fingerprint density at radius 2 is 1.63 bits per heavy atom. The largest absolute Gasteiger partial charge is 0.507 e. The molecule has 0 bridgehead atoms. The quantitative estimate of drug-likeness (QED) is 0.565. The zero-order chi connectivity index (χ0) is 13.5. The summed E-state index contributed by atoms with van der Waals surface area (Å²) in [5.74, 6) is 1.10. The van der Waals surface area contributed by atoms with Gasteiger partial charge in [-0.05, 0) is 25.0 Å². The molecule has 0 saturated carbocycles. The lowest BCUT2D eigenvalue weighted by Gasteiger charge is -2.10. The van der Waals surface area contributed by atoms with E-state index in [1.807, 2.05) is 24.3 Å². The predicted octanol–water partition coefficient (Wildman–Crippen LogP) is 4.76. The molecule has 0 aliphatic heterocycles.